The Bertz CT molecular complexity index is 3590. The Morgan fingerprint density at radius 1 is 0.687 bits per heavy atom. The van der Waals surface area contributed by atoms with Crippen molar-refractivity contribution in [1.82, 2.24) is 38.5 Å². The number of pyridine rings is 4. The Morgan fingerprint density at radius 2 is 1.15 bits per heavy atom. The van der Waals surface area contributed by atoms with Gasteiger partial charge in [-0.2, -0.15) is 0 Å². The van der Waals surface area contributed by atoms with Gasteiger partial charge in [0, 0.05) is 68.9 Å². The van der Waals surface area contributed by atoms with Gasteiger partial charge in [0.1, 0.15) is 46.0 Å². The lowest BCUT2D eigenvalue weighted by Gasteiger charge is -2.13. The first-order chi connectivity index (χ1) is 31.6. The molecule has 67 heavy (non-hydrogen) atoms. The monoisotopic (exact) mass is 998 g/mol. The molecule has 0 aliphatic heterocycles. The molecule has 0 saturated heterocycles. The minimum Gasteiger partial charge on any atom is -0.481 e. The van der Waals surface area contributed by atoms with Gasteiger partial charge in [0.2, 0.25) is 25.9 Å². The molecule has 0 fully saturated rings. The van der Waals surface area contributed by atoms with E-state index in [0.717, 1.165) is 48.9 Å². The maximum atomic E-state index is 14.5. The molecule has 2 aromatic carbocycles. The highest BCUT2D eigenvalue weighted by Gasteiger charge is 2.31. The minimum absolute atomic E-state index is 0.0312. The Labute approximate surface area is 387 Å². The fraction of sp³-hybridized carbons (Fsp3) is 0.116. The largest absolute Gasteiger partial charge is 0.481 e. The number of methoxy groups -OCH3 is 1. The summed E-state index contributed by atoms with van der Waals surface area (Å²) in [5, 5.41) is 1.02. The number of aromatic amines is 1. The second kappa shape index (κ2) is 19.0. The average Bonchev–Trinajstić information content (AvgIpc) is 3.73. The maximum Gasteiger partial charge on any atom is 0.282 e. The summed E-state index contributed by atoms with van der Waals surface area (Å²) in [5.74, 6) is -4.79. The van der Waals surface area contributed by atoms with E-state index in [1.54, 1.807) is 12.1 Å². The SMILES string of the molecule is COc1ncccc1-c1c(C(=O)NS(C)(=O)=O)n(Cc2cc(F)ccc2F)c2ncc(Cl)cc12.CS(=O)(=O)NC(=O)c1c(-c2ccc[nH]c2=O)c2cc(Cl)cnc2n1Cc1cc(F)ccc1F. The van der Waals surface area contributed by atoms with Crippen LogP contribution in [0.4, 0.5) is 17.6 Å². The molecule has 0 saturated carbocycles. The van der Waals surface area contributed by atoms with E-state index in [1.807, 2.05) is 9.44 Å². The molecule has 0 bridgehead atoms. The fourth-order valence-corrected chi connectivity index (χ4v) is 8.37. The van der Waals surface area contributed by atoms with E-state index in [1.165, 1.54) is 65.3 Å². The van der Waals surface area contributed by atoms with Crippen LogP contribution in [-0.2, 0) is 33.1 Å². The quantitative estimate of drug-likeness (QED) is 0.114. The minimum atomic E-state index is -4.01. The van der Waals surface area contributed by atoms with E-state index in [0.29, 0.717) is 10.9 Å². The lowest BCUT2D eigenvalue weighted by Crippen LogP contribution is -2.32. The molecule has 3 N–H and O–H groups in total. The van der Waals surface area contributed by atoms with Gasteiger partial charge in [0.05, 0.1) is 42.8 Å². The molecule has 8 aromatic rings. The van der Waals surface area contributed by atoms with Crippen molar-refractivity contribution in [2.45, 2.75) is 13.1 Å². The van der Waals surface area contributed by atoms with Gasteiger partial charge in [-0.1, -0.05) is 23.2 Å². The number of H-pyrrole nitrogens is 1. The van der Waals surface area contributed by atoms with Crippen molar-refractivity contribution in [2.75, 3.05) is 19.6 Å². The topological polar surface area (TPSA) is 217 Å². The van der Waals surface area contributed by atoms with Crippen molar-refractivity contribution in [3.63, 3.8) is 0 Å². The zero-order chi connectivity index (χ0) is 48.5. The van der Waals surface area contributed by atoms with Crippen LogP contribution in [0, 0.1) is 23.3 Å². The summed E-state index contributed by atoms with van der Waals surface area (Å²) in [6, 6.07) is 14.9. The van der Waals surface area contributed by atoms with E-state index in [-0.39, 0.29) is 84.9 Å². The molecule has 0 radical (unpaired) electrons. The third-order valence-electron chi connectivity index (χ3n) is 9.71. The van der Waals surface area contributed by atoms with Crippen LogP contribution in [0.25, 0.3) is 44.3 Å². The van der Waals surface area contributed by atoms with E-state index in [9.17, 15) is 48.8 Å². The molecule has 6 aromatic heterocycles. The predicted molar refractivity (Wildman–Crippen MR) is 241 cm³/mol. The van der Waals surface area contributed by atoms with Crippen LogP contribution in [-0.4, -0.2) is 77.3 Å². The Morgan fingerprint density at radius 3 is 1.60 bits per heavy atom. The van der Waals surface area contributed by atoms with E-state index in [4.69, 9.17) is 27.9 Å². The van der Waals surface area contributed by atoms with E-state index < -0.39 is 60.7 Å². The second-order valence-corrected chi connectivity index (χ2v) is 18.9. The van der Waals surface area contributed by atoms with Crippen LogP contribution in [0.1, 0.15) is 32.1 Å². The number of benzene rings is 2. The van der Waals surface area contributed by atoms with Crippen molar-refractivity contribution in [3.8, 4) is 28.1 Å². The number of hydrogen-bond acceptors (Lipinski definition) is 11. The first kappa shape index (κ1) is 47.8. The zero-order valence-corrected chi connectivity index (χ0v) is 37.9. The van der Waals surface area contributed by atoms with E-state index >= 15 is 0 Å². The molecule has 2 amide bonds. The molecular formula is C43H32Cl2F4N8O8S2. The Balaban J connectivity index is 0.000000199. The number of amides is 2. The number of aromatic nitrogens is 6. The number of carbonyl (C=O) groups excluding carboxylic acids is 2. The van der Waals surface area contributed by atoms with Gasteiger partial charge in [0.25, 0.3) is 17.4 Å². The van der Waals surface area contributed by atoms with Gasteiger partial charge in [-0.3, -0.25) is 14.4 Å². The highest BCUT2D eigenvalue weighted by Crippen LogP contribution is 2.40. The molecule has 16 nitrogen and oxygen atoms in total. The number of halogens is 6. The number of carbonyl (C=O) groups is 2. The van der Waals surface area contributed by atoms with Gasteiger partial charge in [-0.15, -0.1) is 0 Å². The number of rotatable bonds is 11. The summed E-state index contributed by atoms with van der Waals surface area (Å²) in [7, 11) is -6.60. The average molecular weight is 1000 g/mol. The van der Waals surface area contributed by atoms with Crippen LogP contribution < -0.4 is 19.7 Å². The van der Waals surface area contributed by atoms with Gasteiger partial charge in [-0.05, 0) is 72.8 Å². The smallest absolute Gasteiger partial charge is 0.282 e. The van der Waals surface area contributed by atoms with Crippen molar-refractivity contribution in [1.29, 1.82) is 0 Å². The number of nitrogens with one attached hydrogen (secondary N) is 3. The summed E-state index contributed by atoms with van der Waals surface area (Å²) < 4.78 is 116. The summed E-state index contributed by atoms with van der Waals surface area (Å²) in [6.07, 6.45) is 7.07. The molecule has 346 valence electrons. The number of ether oxygens (including phenoxy) is 1. The highest BCUT2D eigenvalue weighted by atomic mass is 35.5. The van der Waals surface area contributed by atoms with Gasteiger partial charge in [0.15, 0.2) is 0 Å². The van der Waals surface area contributed by atoms with Crippen LogP contribution in [0.5, 0.6) is 5.88 Å². The molecule has 0 aliphatic carbocycles. The molecular weight excluding hydrogens is 968 g/mol. The molecule has 0 unspecified atom stereocenters. The molecule has 0 atom stereocenters. The summed E-state index contributed by atoms with van der Waals surface area (Å²) >= 11 is 12.3. The Kier molecular flexibility index (Phi) is 13.6. The van der Waals surface area contributed by atoms with Gasteiger partial charge in [-0.25, -0.2) is 58.8 Å². The lowest BCUT2D eigenvalue weighted by molar-refractivity contribution is 0.0965. The molecule has 8 rings (SSSR count). The van der Waals surface area contributed by atoms with Crippen molar-refractivity contribution in [3.05, 3.63) is 164 Å². The molecule has 6 heterocycles. The normalized spacial score (nSPS) is 11.6. The van der Waals surface area contributed by atoms with Crippen LogP contribution in [0.2, 0.25) is 10.0 Å². The first-order valence-corrected chi connectivity index (χ1v) is 23.6. The first-order valence-electron chi connectivity index (χ1n) is 19.1. The molecule has 0 spiro atoms. The fourth-order valence-electron chi connectivity index (χ4n) is 7.19. The molecule has 24 heteroatoms. The van der Waals surface area contributed by atoms with Gasteiger partial charge >= 0.3 is 0 Å². The lowest BCUT2D eigenvalue weighted by atomic mass is 10.0. The van der Waals surface area contributed by atoms with Crippen LogP contribution in [0.3, 0.4) is 0 Å². The predicted octanol–water partition coefficient (Wildman–Crippen LogP) is 6.84. The van der Waals surface area contributed by atoms with Gasteiger partial charge < -0.3 is 18.9 Å². The highest BCUT2D eigenvalue weighted by molar-refractivity contribution is 7.89. The van der Waals surface area contributed by atoms with Crippen molar-refractivity contribution in [2.24, 2.45) is 0 Å². The van der Waals surface area contributed by atoms with Crippen molar-refractivity contribution < 1.29 is 48.7 Å². The number of fused-ring (bicyclic) bond motifs is 2. The third-order valence-corrected chi connectivity index (χ3v) is 11.2. The third kappa shape index (κ3) is 10.5. The summed E-state index contributed by atoms with van der Waals surface area (Å²) in [5.41, 5.74) is -0.296. The van der Waals surface area contributed by atoms with Crippen LogP contribution >= 0.6 is 23.2 Å². The second-order valence-electron chi connectivity index (χ2n) is 14.5. The maximum absolute atomic E-state index is 14.5. The summed E-state index contributed by atoms with van der Waals surface area (Å²) in [6.45, 7) is -0.713. The standard InChI is InChI=1S/C22H17ClF2N4O4S.C21H15ClF2N4O4S/c1-33-22-15(4-3-7-26-22)18-16-9-13(23)10-27-20(16)29(19(18)21(30)28-34(2,31)32)11-12-8-14(24)5-6-17(12)25;1-33(31,32)27-21(30)18-17(14-3-2-6-25-20(14)29)15-8-12(22)9-26-19(15)28(18)10-11-7-13(23)4-5-16(11)24/h3-10H,11H2,1-2H3,(H,28,30);2-9H,10H2,1H3,(H,25,29)(H,27,30). The molecule has 0 aliphatic rings. The number of hydrogen-bond donors (Lipinski definition) is 3. The Hall–Kier alpha value is -7.14. The summed E-state index contributed by atoms with van der Waals surface area (Å²) in [4.78, 5) is 54.2. The van der Waals surface area contributed by atoms with E-state index in [2.05, 4.69) is 19.9 Å². The number of sulfonamides is 2. The zero-order valence-electron chi connectivity index (χ0n) is 34.7. The number of nitrogens with zero attached hydrogens (tertiary/aromatic N) is 5. The van der Waals surface area contributed by atoms with Crippen LogP contribution in [0.15, 0.2) is 102 Å². The van der Waals surface area contributed by atoms with Crippen molar-refractivity contribution >= 4 is 77.1 Å².